The van der Waals surface area contributed by atoms with Crippen LogP contribution in [0.4, 0.5) is 0 Å². The number of carbonyl (C=O) groups excluding carboxylic acids is 1. The lowest BCUT2D eigenvalue weighted by Gasteiger charge is -1.99. The average Bonchev–Trinajstić information content (AvgIpc) is 2.18. The van der Waals surface area contributed by atoms with E-state index in [-0.39, 0.29) is 12.4 Å². The third-order valence-electron chi connectivity index (χ3n) is 1.54. The molecule has 0 aromatic rings. The molecule has 0 aliphatic carbocycles. The highest BCUT2D eigenvalue weighted by Gasteiger charge is 2.04. The van der Waals surface area contributed by atoms with E-state index in [1.807, 2.05) is 13.8 Å². The second kappa shape index (κ2) is 8.24. The molecule has 0 bridgehead atoms. The van der Waals surface area contributed by atoms with Gasteiger partial charge in [0.1, 0.15) is 5.16 Å². The molecule has 0 amide bonds. The van der Waals surface area contributed by atoms with Gasteiger partial charge in [0.2, 0.25) is 0 Å². The first-order chi connectivity index (χ1) is 7.13. The van der Waals surface area contributed by atoms with Gasteiger partial charge in [0, 0.05) is 0 Å². The minimum atomic E-state index is -0.326. The first kappa shape index (κ1) is 13.9. The number of carbonyl (C=O) groups is 1. The zero-order valence-electron chi connectivity index (χ0n) is 9.29. The number of esters is 1. The van der Waals surface area contributed by atoms with Crippen molar-refractivity contribution in [1.29, 1.82) is 0 Å². The number of rotatable bonds is 5. The van der Waals surface area contributed by atoms with E-state index >= 15 is 0 Å². The molecule has 0 aliphatic rings. The molecule has 0 spiro atoms. The number of methoxy groups -OCH3 is 1. The molecule has 0 atom stereocenters. The SMILES string of the molecule is C\C=C/C(CC(=O)OC)=N\C(Cl)=C/CC. The van der Waals surface area contributed by atoms with E-state index in [4.69, 9.17) is 11.6 Å². The van der Waals surface area contributed by atoms with Gasteiger partial charge in [-0.1, -0.05) is 24.6 Å². The Bertz CT molecular complexity index is 293. The largest absolute Gasteiger partial charge is 0.469 e. The molecule has 0 saturated heterocycles. The first-order valence-electron chi connectivity index (χ1n) is 4.76. The van der Waals surface area contributed by atoms with Gasteiger partial charge in [0.25, 0.3) is 0 Å². The molecule has 15 heavy (non-hydrogen) atoms. The summed E-state index contributed by atoms with van der Waals surface area (Å²) in [5.74, 6) is -0.326. The maximum atomic E-state index is 11.0. The lowest BCUT2D eigenvalue weighted by Crippen LogP contribution is -2.07. The Kier molecular flexibility index (Phi) is 7.64. The summed E-state index contributed by atoms with van der Waals surface area (Å²) in [7, 11) is 1.35. The highest BCUT2D eigenvalue weighted by molar-refractivity contribution is 6.30. The first-order valence-corrected chi connectivity index (χ1v) is 5.14. The highest BCUT2D eigenvalue weighted by atomic mass is 35.5. The van der Waals surface area contributed by atoms with Crippen molar-refractivity contribution in [2.24, 2.45) is 4.99 Å². The third-order valence-corrected chi connectivity index (χ3v) is 1.77. The van der Waals surface area contributed by atoms with Crippen molar-refractivity contribution in [1.82, 2.24) is 0 Å². The fourth-order valence-electron chi connectivity index (χ4n) is 0.899. The maximum absolute atomic E-state index is 11.0. The van der Waals surface area contributed by atoms with Crippen molar-refractivity contribution in [3.05, 3.63) is 23.4 Å². The Hall–Kier alpha value is -1.09. The molecule has 0 unspecified atom stereocenters. The van der Waals surface area contributed by atoms with Crippen molar-refractivity contribution in [2.45, 2.75) is 26.7 Å². The number of nitrogens with zero attached hydrogens (tertiary/aromatic N) is 1. The molecule has 0 aliphatic heterocycles. The zero-order chi connectivity index (χ0) is 11.7. The Balaban J connectivity index is 4.65. The van der Waals surface area contributed by atoms with Gasteiger partial charge < -0.3 is 4.74 Å². The van der Waals surface area contributed by atoms with Gasteiger partial charge in [-0.25, -0.2) is 4.99 Å². The smallest absolute Gasteiger partial charge is 0.311 e. The Morgan fingerprint density at radius 2 is 2.20 bits per heavy atom. The predicted molar refractivity (Wildman–Crippen MR) is 63.1 cm³/mol. The minimum absolute atomic E-state index is 0.134. The molecule has 0 fully saturated rings. The Morgan fingerprint density at radius 3 is 2.67 bits per heavy atom. The molecule has 4 heteroatoms. The van der Waals surface area contributed by atoms with Crippen LogP contribution in [-0.4, -0.2) is 18.8 Å². The minimum Gasteiger partial charge on any atom is -0.469 e. The number of halogens is 1. The number of ether oxygens (including phenoxy) is 1. The monoisotopic (exact) mass is 229 g/mol. The third kappa shape index (κ3) is 6.91. The van der Waals surface area contributed by atoms with Gasteiger partial charge in [-0.15, -0.1) is 0 Å². The quantitative estimate of drug-likeness (QED) is 0.413. The van der Waals surface area contributed by atoms with Gasteiger partial charge in [-0.05, 0) is 25.5 Å². The Morgan fingerprint density at radius 1 is 1.53 bits per heavy atom. The van der Waals surface area contributed by atoms with Gasteiger partial charge in [0.15, 0.2) is 0 Å². The van der Waals surface area contributed by atoms with E-state index in [9.17, 15) is 4.79 Å². The molecule has 0 aromatic heterocycles. The number of hydrogen-bond acceptors (Lipinski definition) is 3. The maximum Gasteiger partial charge on any atom is 0.311 e. The lowest BCUT2D eigenvalue weighted by atomic mass is 10.2. The average molecular weight is 230 g/mol. The summed E-state index contributed by atoms with van der Waals surface area (Å²) in [5, 5.41) is 0.398. The van der Waals surface area contributed by atoms with Crippen molar-refractivity contribution < 1.29 is 9.53 Å². The normalized spacial score (nSPS) is 13.3. The van der Waals surface area contributed by atoms with E-state index in [2.05, 4.69) is 9.73 Å². The highest BCUT2D eigenvalue weighted by Crippen LogP contribution is 2.07. The van der Waals surface area contributed by atoms with E-state index in [0.29, 0.717) is 10.9 Å². The van der Waals surface area contributed by atoms with E-state index < -0.39 is 0 Å². The van der Waals surface area contributed by atoms with Gasteiger partial charge in [-0.2, -0.15) is 0 Å². The summed E-state index contributed by atoms with van der Waals surface area (Å²) >= 11 is 5.83. The van der Waals surface area contributed by atoms with Crippen LogP contribution >= 0.6 is 11.6 Å². The molecular formula is C11H16ClNO2. The zero-order valence-corrected chi connectivity index (χ0v) is 10.0. The summed E-state index contributed by atoms with van der Waals surface area (Å²) in [4.78, 5) is 15.1. The van der Waals surface area contributed by atoms with Gasteiger partial charge >= 0.3 is 5.97 Å². The van der Waals surface area contributed by atoms with Crippen LogP contribution in [0.25, 0.3) is 0 Å². The molecule has 0 heterocycles. The molecule has 0 N–H and O–H groups in total. The van der Waals surface area contributed by atoms with E-state index in [1.54, 1.807) is 18.2 Å². The van der Waals surface area contributed by atoms with Crippen LogP contribution in [0.5, 0.6) is 0 Å². The number of hydrogen-bond donors (Lipinski definition) is 0. The summed E-state index contributed by atoms with van der Waals surface area (Å²) in [6.45, 7) is 3.82. The van der Waals surface area contributed by atoms with Gasteiger partial charge in [-0.3, -0.25) is 4.79 Å². The van der Waals surface area contributed by atoms with Crippen LogP contribution in [0, 0.1) is 0 Å². The van der Waals surface area contributed by atoms with Crippen LogP contribution < -0.4 is 0 Å². The second-order valence-electron chi connectivity index (χ2n) is 2.79. The molecule has 0 saturated carbocycles. The molecule has 0 radical (unpaired) electrons. The van der Waals surface area contributed by atoms with Crippen LogP contribution in [0.2, 0.25) is 0 Å². The molecule has 0 aromatic carbocycles. The Labute approximate surface area is 95.5 Å². The fraction of sp³-hybridized carbons (Fsp3) is 0.455. The molecule has 84 valence electrons. The van der Waals surface area contributed by atoms with Crippen molar-refractivity contribution in [3.8, 4) is 0 Å². The second-order valence-corrected chi connectivity index (χ2v) is 3.18. The van der Waals surface area contributed by atoms with Crippen molar-refractivity contribution >= 4 is 23.3 Å². The summed E-state index contributed by atoms with van der Waals surface area (Å²) in [6.07, 6.45) is 6.27. The van der Waals surface area contributed by atoms with Crippen LogP contribution in [0.15, 0.2) is 28.4 Å². The van der Waals surface area contributed by atoms with Crippen molar-refractivity contribution in [2.75, 3.05) is 7.11 Å². The standard InChI is InChI=1S/C11H16ClNO2/c1-4-6-9(8-11(14)15-3)13-10(12)7-5-2/h4,6-7H,5,8H2,1-3H3/b6-4-,10-7-,13-9+. The fourth-order valence-corrected chi connectivity index (χ4v) is 1.16. The number of allylic oxidation sites excluding steroid dienone is 3. The molecule has 0 rings (SSSR count). The number of aliphatic imine (C=N–C) groups is 1. The molecular weight excluding hydrogens is 214 g/mol. The van der Waals surface area contributed by atoms with Crippen LogP contribution in [0.1, 0.15) is 26.7 Å². The summed E-state index contributed by atoms with van der Waals surface area (Å²) in [6, 6.07) is 0. The lowest BCUT2D eigenvalue weighted by molar-refractivity contribution is -0.139. The van der Waals surface area contributed by atoms with E-state index in [0.717, 1.165) is 6.42 Å². The summed E-state index contributed by atoms with van der Waals surface area (Å²) < 4.78 is 4.55. The van der Waals surface area contributed by atoms with Crippen LogP contribution in [-0.2, 0) is 9.53 Å². The van der Waals surface area contributed by atoms with Crippen LogP contribution in [0.3, 0.4) is 0 Å². The van der Waals surface area contributed by atoms with Gasteiger partial charge in [0.05, 0.1) is 19.2 Å². The van der Waals surface area contributed by atoms with E-state index in [1.165, 1.54) is 7.11 Å². The summed E-state index contributed by atoms with van der Waals surface area (Å²) in [5.41, 5.74) is 0.596. The predicted octanol–water partition coefficient (Wildman–Crippen LogP) is 3.06. The molecule has 3 nitrogen and oxygen atoms in total. The van der Waals surface area contributed by atoms with Crippen molar-refractivity contribution in [3.63, 3.8) is 0 Å². The topological polar surface area (TPSA) is 38.7 Å².